The van der Waals surface area contributed by atoms with Crippen LogP contribution < -0.4 is 0 Å². The van der Waals surface area contributed by atoms with Crippen molar-refractivity contribution in [2.45, 2.75) is 16.4 Å². The molecule has 0 saturated heterocycles. The lowest BCUT2D eigenvalue weighted by atomic mass is 10.2. The van der Waals surface area contributed by atoms with E-state index in [-0.39, 0.29) is 12.4 Å². The third kappa shape index (κ3) is 3.00. The van der Waals surface area contributed by atoms with Gasteiger partial charge in [0, 0.05) is 14.8 Å². The normalized spacial score (nSPS) is 10.5. The molecule has 0 aliphatic heterocycles. The van der Waals surface area contributed by atoms with E-state index in [1.165, 1.54) is 17.8 Å². The van der Waals surface area contributed by atoms with E-state index >= 15 is 0 Å². The Hall–Kier alpha value is -1.03. The number of hydrogen-bond acceptors (Lipinski definition) is 2. The summed E-state index contributed by atoms with van der Waals surface area (Å²) in [6.45, 7) is -0.0938. The molecule has 4 heteroatoms. The number of aliphatic hydroxyl groups is 1. The Labute approximate surface area is 108 Å². The second kappa shape index (κ2) is 5.54. The van der Waals surface area contributed by atoms with Gasteiger partial charge in [-0.25, -0.2) is 4.39 Å². The van der Waals surface area contributed by atoms with E-state index in [9.17, 15) is 4.39 Å². The second-order valence-corrected chi connectivity index (χ2v) is 4.97. The molecule has 0 aliphatic carbocycles. The molecule has 0 spiro atoms. The van der Waals surface area contributed by atoms with Gasteiger partial charge in [-0.2, -0.15) is 0 Å². The summed E-state index contributed by atoms with van der Waals surface area (Å²) in [5.74, 6) is -0.250. The quantitative estimate of drug-likeness (QED) is 0.903. The Kier molecular flexibility index (Phi) is 4.05. The Morgan fingerprint density at radius 1 is 1.18 bits per heavy atom. The first-order chi connectivity index (χ1) is 8.20. The fourth-order valence-corrected chi connectivity index (χ4v) is 2.56. The molecule has 88 valence electrons. The Morgan fingerprint density at radius 3 is 2.59 bits per heavy atom. The molecule has 17 heavy (non-hydrogen) atoms. The van der Waals surface area contributed by atoms with Gasteiger partial charge in [0.15, 0.2) is 0 Å². The Balaban J connectivity index is 2.25. The fourth-order valence-electron chi connectivity index (χ4n) is 1.37. The maximum atomic E-state index is 13.4. The average molecular weight is 269 g/mol. The minimum Gasteiger partial charge on any atom is -0.392 e. The zero-order valence-electron chi connectivity index (χ0n) is 8.86. The van der Waals surface area contributed by atoms with Crippen LogP contribution in [0.25, 0.3) is 0 Å². The molecule has 1 N–H and O–H groups in total. The molecule has 0 aromatic heterocycles. The molecule has 0 saturated carbocycles. The Bertz CT molecular complexity index is 531. The molecular formula is C13H10ClFOS. The smallest absolute Gasteiger partial charge is 0.137 e. The first kappa shape index (κ1) is 12.4. The van der Waals surface area contributed by atoms with Crippen molar-refractivity contribution in [1.29, 1.82) is 0 Å². The lowest BCUT2D eigenvalue weighted by Gasteiger charge is -2.05. The molecular weight excluding hydrogens is 259 g/mol. The van der Waals surface area contributed by atoms with Crippen LogP contribution in [0, 0.1) is 5.82 Å². The highest BCUT2D eigenvalue weighted by molar-refractivity contribution is 7.99. The van der Waals surface area contributed by atoms with Crippen LogP contribution in [0.3, 0.4) is 0 Å². The van der Waals surface area contributed by atoms with Crippen molar-refractivity contribution in [3.63, 3.8) is 0 Å². The highest BCUT2D eigenvalue weighted by atomic mass is 35.5. The monoisotopic (exact) mass is 268 g/mol. The van der Waals surface area contributed by atoms with E-state index in [4.69, 9.17) is 16.7 Å². The van der Waals surface area contributed by atoms with Crippen molar-refractivity contribution < 1.29 is 9.50 Å². The molecule has 0 heterocycles. The predicted molar refractivity (Wildman–Crippen MR) is 67.9 cm³/mol. The summed E-state index contributed by atoms with van der Waals surface area (Å²) in [5, 5.41) is 9.49. The molecule has 0 atom stereocenters. The first-order valence-corrected chi connectivity index (χ1v) is 6.22. The summed E-state index contributed by atoms with van der Waals surface area (Å²) in [7, 11) is 0. The van der Waals surface area contributed by atoms with Crippen molar-refractivity contribution in [2.24, 2.45) is 0 Å². The van der Waals surface area contributed by atoms with Crippen molar-refractivity contribution in [3.8, 4) is 0 Å². The maximum Gasteiger partial charge on any atom is 0.137 e. The third-order valence-corrected chi connectivity index (χ3v) is 3.65. The fraction of sp³-hybridized carbons (Fsp3) is 0.0769. The highest BCUT2D eigenvalue weighted by Gasteiger charge is 2.05. The summed E-state index contributed by atoms with van der Waals surface area (Å²) in [6.07, 6.45) is 0. The van der Waals surface area contributed by atoms with Gasteiger partial charge in [0.2, 0.25) is 0 Å². The summed E-state index contributed by atoms with van der Waals surface area (Å²) in [4.78, 5) is 1.40. The van der Waals surface area contributed by atoms with E-state index in [0.717, 1.165) is 4.90 Å². The van der Waals surface area contributed by atoms with Crippen LogP contribution in [0.1, 0.15) is 5.56 Å². The van der Waals surface area contributed by atoms with E-state index in [2.05, 4.69) is 0 Å². The average Bonchev–Trinajstić information content (AvgIpc) is 2.32. The SMILES string of the molecule is OCc1ccc(Sc2ccccc2F)cc1Cl. The zero-order valence-corrected chi connectivity index (χ0v) is 10.4. The van der Waals surface area contributed by atoms with Gasteiger partial charge in [0.1, 0.15) is 5.82 Å². The van der Waals surface area contributed by atoms with Crippen LogP contribution in [0.5, 0.6) is 0 Å². The van der Waals surface area contributed by atoms with Crippen LogP contribution >= 0.6 is 23.4 Å². The summed E-state index contributed by atoms with van der Waals surface area (Å²) < 4.78 is 13.4. The van der Waals surface area contributed by atoms with Crippen molar-refractivity contribution in [2.75, 3.05) is 0 Å². The minimum absolute atomic E-state index is 0.0938. The molecule has 0 unspecified atom stereocenters. The van der Waals surface area contributed by atoms with Gasteiger partial charge in [0.05, 0.1) is 6.61 Å². The van der Waals surface area contributed by atoms with Gasteiger partial charge in [-0.15, -0.1) is 0 Å². The van der Waals surface area contributed by atoms with Gasteiger partial charge in [-0.3, -0.25) is 0 Å². The molecule has 2 aromatic rings. The van der Waals surface area contributed by atoms with Gasteiger partial charge < -0.3 is 5.11 Å². The molecule has 1 nitrogen and oxygen atoms in total. The first-order valence-electron chi connectivity index (χ1n) is 5.02. The van der Waals surface area contributed by atoms with Crippen LogP contribution in [-0.4, -0.2) is 5.11 Å². The lowest BCUT2D eigenvalue weighted by molar-refractivity contribution is 0.282. The largest absolute Gasteiger partial charge is 0.392 e. The third-order valence-electron chi connectivity index (χ3n) is 2.26. The van der Waals surface area contributed by atoms with E-state index in [1.54, 1.807) is 30.3 Å². The highest BCUT2D eigenvalue weighted by Crippen LogP contribution is 2.32. The van der Waals surface area contributed by atoms with Gasteiger partial charge in [0.25, 0.3) is 0 Å². The van der Waals surface area contributed by atoms with E-state index in [1.807, 2.05) is 6.07 Å². The van der Waals surface area contributed by atoms with Crippen LogP contribution in [0.4, 0.5) is 4.39 Å². The van der Waals surface area contributed by atoms with Crippen LogP contribution in [-0.2, 0) is 6.61 Å². The number of halogens is 2. The summed E-state index contributed by atoms with van der Waals surface area (Å²) in [6, 6.07) is 11.9. The topological polar surface area (TPSA) is 20.2 Å². The number of rotatable bonds is 3. The molecule has 0 bridgehead atoms. The molecule has 0 aliphatic rings. The van der Waals surface area contributed by atoms with Crippen molar-refractivity contribution >= 4 is 23.4 Å². The maximum absolute atomic E-state index is 13.4. The number of aliphatic hydroxyl groups excluding tert-OH is 1. The van der Waals surface area contributed by atoms with Gasteiger partial charge >= 0.3 is 0 Å². The second-order valence-electron chi connectivity index (χ2n) is 3.44. The predicted octanol–water partition coefficient (Wildman–Crippen LogP) is 4.12. The summed E-state index contributed by atoms with van der Waals surface area (Å²) in [5.41, 5.74) is 0.671. The van der Waals surface area contributed by atoms with Crippen LogP contribution in [0.15, 0.2) is 52.3 Å². The van der Waals surface area contributed by atoms with Crippen molar-refractivity contribution in [3.05, 3.63) is 58.9 Å². The van der Waals surface area contributed by atoms with E-state index < -0.39 is 0 Å². The number of hydrogen-bond donors (Lipinski definition) is 1. The van der Waals surface area contributed by atoms with Gasteiger partial charge in [-0.05, 0) is 29.8 Å². The van der Waals surface area contributed by atoms with Gasteiger partial charge in [-0.1, -0.05) is 41.6 Å². The van der Waals surface area contributed by atoms with Crippen molar-refractivity contribution in [1.82, 2.24) is 0 Å². The molecule has 2 rings (SSSR count). The minimum atomic E-state index is -0.250. The molecule has 0 radical (unpaired) electrons. The van der Waals surface area contributed by atoms with Crippen LogP contribution in [0.2, 0.25) is 5.02 Å². The standard InChI is InChI=1S/C13H10ClFOS/c14-11-7-10(6-5-9(11)8-16)17-13-4-2-1-3-12(13)15/h1-7,16H,8H2. The molecule has 2 aromatic carbocycles. The molecule has 0 amide bonds. The Morgan fingerprint density at radius 2 is 1.94 bits per heavy atom. The molecule has 0 fully saturated rings. The zero-order chi connectivity index (χ0) is 12.3. The number of benzene rings is 2. The van der Waals surface area contributed by atoms with E-state index in [0.29, 0.717) is 15.5 Å². The summed E-state index contributed by atoms with van der Waals surface area (Å²) >= 11 is 7.27. The lowest BCUT2D eigenvalue weighted by Crippen LogP contribution is -1.85.